The summed E-state index contributed by atoms with van der Waals surface area (Å²) in [5.74, 6) is -0.736. The summed E-state index contributed by atoms with van der Waals surface area (Å²) in [5, 5.41) is 4.20. The maximum Gasteiger partial charge on any atom is 0.124 e. The van der Waals surface area contributed by atoms with Crippen LogP contribution in [-0.2, 0) is 0 Å². The summed E-state index contributed by atoms with van der Waals surface area (Å²) in [6, 6.07) is 7.35. The minimum Gasteiger partial charge on any atom is -0.386 e. The van der Waals surface area contributed by atoms with Crippen molar-refractivity contribution in [1.29, 1.82) is 0 Å². The number of aromatic nitrogens is 1. The lowest BCUT2D eigenvalue weighted by Gasteiger charge is -2.29. The van der Waals surface area contributed by atoms with Crippen LogP contribution in [-0.4, -0.2) is 18.2 Å². The van der Waals surface area contributed by atoms with Gasteiger partial charge in [0.15, 0.2) is 0 Å². The molecule has 3 rings (SSSR count). The van der Waals surface area contributed by atoms with Gasteiger partial charge in [0.25, 0.3) is 0 Å². The number of nitrogens with two attached hydrogens (primary N) is 1. The second kappa shape index (κ2) is 5.85. The molecule has 0 saturated carbocycles. The topological polar surface area (TPSA) is 63.3 Å². The van der Waals surface area contributed by atoms with Gasteiger partial charge in [-0.25, -0.2) is 4.39 Å². The Labute approximate surface area is 129 Å². The molecule has 3 unspecified atom stereocenters. The van der Waals surface area contributed by atoms with Gasteiger partial charge in [-0.05, 0) is 11.6 Å². The van der Waals surface area contributed by atoms with E-state index in [1.807, 2.05) is 38.2 Å². The van der Waals surface area contributed by atoms with Gasteiger partial charge in [0, 0.05) is 42.7 Å². The lowest BCUT2D eigenvalue weighted by atomic mass is 9.82. The third-order valence-corrected chi connectivity index (χ3v) is 4.21. The van der Waals surface area contributed by atoms with Gasteiger partial charge in [-0.3, -0.25) is 9.98 Å². The Kier molecular flexibility index (Phi) is 3.90. The molecule has 3 N–H and O–H groups in total. The SMILES string of the molecule is CNc1c(C(N)C2C(F)=CN=CC2C)ccc2cccnc12. The fraction of sp³-hybridized carbons (Fsp3) is 0.294. The highest BCUT2D eigenvalue weighted by atomic mass is 19.1. The van der Waals surface area contributed by atoms with E-state index in [2.05, 4.69) is 15.3 Å². The van der Waals surface area contributed by atoms with Crippen molar-refractivity contribution in [3.05, 3.63) is 48.1 Å². The number of nitrogens with one attached hydrogen (secondary N) is 1. The van der Waals surface area contributed by atoms with Gasteiger partial charge in [-0.2, -0.15) is 0 Å². The molecule has 0 spiro atoms. The van der Waals surface area contributed by atoms with E-state index in [0.29, 0.717) is 0 Å². The molecular weight excluding hydrogens is 279 g/mol. The number of benzene rings is 1. The van der Waals surface area contributed by atoms with Crippen molar-refractivity contribution in [1.82, 2.24) is 4.98 Å². The molecule has 1 aliphatic heterocycles. The van der Waals surface area contributed by atoms with E-state index < -0.39 is 12.0 Å². The highest BCUT2D eigenvalue weighted by Crippen LogP contribution is 2.38. The zero-order chi connectivity index (χ0) is 15.7. The normalized spacial score (nSPS) is 22.5. The van der Waals surface area contributed by atoms with Crippen LogP contribution < -0.4 is 11.1 Å². The molecule has 4 nitrogen and oxygen atoms in total. The first-order valence-electron chi connectivity index (χ1n) is 7.33. The van der Waals surface area contributed by atoms with Crippen LogP contribution in [0.15, 0.2) is 47.5 Å². The van der Waals surface area contributed by atoms with Gasteiger partial charge in [0.05, 0.1) is 17.4 Å². The van der Waals surface area contributed by atoms with Crippen molar-refractivity contribution in [2.24, 2.45) is 22.6 Å². The number of halogens is 1. The van der Waals surface area contributed by atoms with E-state index >= 15 is 0 Å². The van der Waals surface area contributed by atoms with E-state index in [-0.39, 0.29) is 11.7 Å². The van der Waals surface area contributed by atoms with Crippen LogP contribution >= 0.6 is 0 Å². The molecule has 0 radical (unpaired) electrons. The van der Waals surface area contributed by atoms with Gasteiger partial charge in [0.2, 0.25) is 0 Å². The smallest absolute Gasteiger partial charge is 0.124 e. The molecular formula is C17H19FN4. The molecule has 22 heavy (non-hydrogen) atoms. The molecule has 0 saturated heterocycles. The summed E-state index contributed by atoms with van der Waals surface area (Å²) in [5.41, 5.74) is 8.97. The highest BCUT2D eigenvalue weighted by molar-refractivity contribution is 5.92. The highest BCUT2D eigenvalue weighted by Gasteiger charge is 2.32. The van der Waals surface area contributed by atoms with Crippen LogP contribution in [0, 0.1) is 11.8 Å². The number of hydrogen-bond donors (Lipinski definition) is 2. The Balaban J connectivity index is 2.09. The average molecular weight is 298 g/mol. The van der Waals surface area contributed by atoms with Crippen molar-refractivity contribution in [3.8, 4) is 0 Å². The lowest BCUT2D eigenvalue weighted by Crippen LogP contribution is -2.30. The van der Waals surface area contributed by atoms with E-state index in [1.165, 1.54) is 6.20 Å². The molecule has 0 bridgehead atoms. The summed E-state index contributed by atoms with van der Waals surface area (Å²) >= 11 is 0. The number of aliphatic imine (C=N–C) groups is 1. The number of hydrogen-bond acceptors (Lipinski definition) is 4. The molecule has 5 heteroatoms. The lowest BCUT2D eigenvalue weighted by molar-refractivity contribution is 0.350. The van der Waals surface area contributed by atoms with Crippen LogP contribution in [0.25, 0.3) is 10.9 Å². The predicted molar refractivity (Wildman–Crippen MR) is 88.6 cm³/mol. The van der Waals surface area contributed by atoms with Crippen LogP contribution in [0.4, 0.5) is 10.1 Å². The molecule has 0 aliphatic carbocycles. The number of rotatable bonds is 3. The predicted octanol–water partition coefficient (Wildman–Crippen LogP) is 3.42. The Morgan fingerprint density at radius 3 is 2.86 bits per heavy atom. The Bertz CT molecular complexity index is 753. The standard InChI is InChI=1S/C17H19FN4/c1-10-8-21-9-13(18)14(10)15(19)12-6-5-11-4-3-7-22-16(11)17(12)20-2/h3-10,14-15,20H,19H2,1-2H3. The van der Waals surface area contributed by atoms with Crippen molar-refractivity contribution < 1.29 is 4.39 Å². The maximum atomic E-state index is 14.2. The monoisotopic (exact) mass is 298 g/mol. The number of nitrogens with zero attached hydrogens (tertiary/aromatic N) is 2. The second-order valence-electron chi connectivity index (χ2n) is 5.58. The number of anilines is 1. The van der Waals surface area contributed by atoms with Crippen molar-refractivity contribution in [2.75, 3.05) is 12.4 Å². The summed E-state index contributed by atoms with van der Waals surface area (Å²) in [6.07, 6.45) is 4.74. The van der Waals surface area contributed by atoms with Crippen LogP contribution in [0.3, 0.4) is 0 Å². The fourth-order valence-corrected chi connectivity index (χ4v) is 3.07. The largest absolute Gasteiger partial charge is 0.386 e. The van der Waals surface area contributed by atoms with E-state index in [9.17, 15) is 4.39 Å². The Morgan fingerprint density at radius 1 is 1.32 bits per heavy atom. The second-order valence-corrected chi connectivity index (χ2v) is 5.58. The maximum absolute atomic E-state index is 14.2. The van der Waals surface area contributed by atoms with Gasteiger partial charge < -0.3 is 11.1 Å². The summed E-state index contributed by atoms with van der Waals surface area (Å²) < 4.78 is 14.2. The molecule has 3 atom stereocenters. The molecule has 0 fully saturated rings. The quantitative estimate of drug-likeness (QED) is 0.912. The molecule has 2 heterocycles. The van der Waals surface area contributed by atoms with Crippen molar-refractivity contribution >= 4 is 22.8 Å². The van der Waals surface area contributed by atoms with Crippen LogP contribution in [0.1, 0.15) is 18.5 Å². The minimum absolute atomic E-state index is 0.0517. The Morgan fingerprint density at radius 2 is 2.14 bits per heavy atom. The summed E-state index contributed by atoms with van der Waals surface area (Å²) in [7, 11) is 1.83. The third-order valence-electron chi connectivity index (χ3n) is 4.21. The van der Waals surface area contributed by atoms with Gasteiger partial charge in [-0.1, -0.05) is 25.1 Å². The molecule has 1 aliphatic rings. The van der Waals surface area contributed by atoms with E-state index in [4.69, 9.17) is 5.73 Å². The van der Waals surface area contributed by atoms with Gasteiger partial charge in [0.1, 0.15) is 5.83 Å². The fourth-order valence-electron chi connectivity index (χ4n) is 3.07. The molecule has 1 aromatic heterocycles. The first-order chi connectivity index (χ1) is 10.6. The molecule has 114 valence electrons. The molecule has 2 aromatic rings. The van der Waals surface area contributed by atoms with Crippen LogP contribution in [0.2, 0.25) is 0 Å². The Hall–Kier alpha value is -2.27. The number of pyridine rings is 1. The molecule has 0 amide bonds. The van der Waals surface area contributed by atoms with Gasteiger partial charge >= 0.3 is 0 Å². The zero-order valence-electron chi connectivity index (χ0n) is 12.6. The summed E-state index contributed by atoms with van der Waals surface area (Å²) in [4.78, 5) is 8.34. The number of fused-ring (bicyclic) bond motifs is 1. The molecule has 1 aromatic carbocycles. The average Bonchev–Trinajstić information content (AvgIpc) is 2.53. The first-order valence-corrected chi connectivity index (χ1v) is 7.33. The minimum atomic E-state index is -0.466. The first kappa shape index (κ1) is 14.7. The van der Waals surface area contributed by atoms with Crippen LogP contribution in [0.5, 0.6) is 0 Å². The van der Waals surface area contributed by atoms with Crippen molar-refractivity contribution in [2.45, 2.75) is 13.0 Å². The van der Waals surface area contributed by atoms with Crippen molar-refractivity contribution in [3.63, 3.8) is 0 Å². The van der Waals surface area contributed by atoms with E-state index in [1.54, 1.807) is 12.4 Å². The van der Waals surface area contributed by atoms with E-state index in [0.717, 1.165) is 22.2 Å². The zero-order valence-corrected chi connectivity index (χ0v) is 12.6. The van der Waals surface area contributed by atoms with Gasteiger partial charge in [-0.15, -0.1) is 0 Å². The third kappa shape index (κ3) is 2.37. The summed E-state index contributed by atoms with van der Waals surface area (Å²) in [6.45, 7) is 1.93.